The number of nitrogens with one attached hydrogen (secondary N) is 1. The molecule has 1 atom stereocenters. The summed E-state index contributed by atoms with van der Waals surface area (Å²) in [6.07, 6.45) is 0. The predicted octanol–water partition coefficient (Wildman–Crippen LogP) is 1.20. The molecule has 0 spiro atoms. The molecule has 0 saturated carbocycles. The molecule has 0 aliphatic carbocycles. The van der Waals surface area contributed by atoms with Gasteiger partial charge in [0.25, 0.3) is 0 Å². The summed E-state index contributed by atoms with van der Waals surface area (Å²) in [5.74, 6) is -0.929. The molecule has 0 aliphatic rings. The Morgan fingerprint density at radius 1 is 1.00 bits per heavy atom. The van der Waals surface area contributed by atoms with Crippen LogP contribution in [-0.4, -0.2) is 37.9 Å². The second-order valence-electron chi connectivity index (χ2n) is 5.14. The molecule has 0 bridgehead atoms. The first-order chi connectivity index (χ1) is 11.4. The lowest BCUT2D eigenvalue weighted by Gasteiger charge is -2.14. The minimum absolute atomic E-state index is 0.0605. The van der Waals surface area contributed by atoms with Crippen LogP contribution in [0, 0.1) is 0 Å². The monoisotopic (exact) mass is 347 g/mol. The van der Waals surface area contributed by atoms with Crippen molar-refractivity contribution in [2.24, 2.45) is 0 Å². The van der Waals surface area contributed by atoms with Crippen molar-refractivity contribution in [1.29, 1.82) is 0 Å². The van der Waals surface area contributed by atoms with Crippen LogP contribution in [0.5, 0.6) is 0 Å². The van der Waals surface area contributed by atoms with Crippen molar-refractivity contribution < 1.29 is 23.1 Å². The number of hydrogen-bond acceptors (Lipinski definition) is 5. The highest BCUT2D eigenvalue weighted by atomic mass is 32.2. The van der Waals surface area contributed by atoms with E-state index in [-0.39, 0.29) is 15.4 Å². The summed E-state index contributed by atoms with van der Waals surface area (Å²) >= 11 is 0. The normalized spacial score (nSPS) is 12.4. The Hall–Kier alpha value is -2.51. The van der Waals surface area contributed by atoms with E-state index in [4.69, 9.17) is 0 Å². The van der Waals surface area contributed by atoms with Crippen LogP contribution in [0.1, 0.15) is 17.3 Å². The van der Waals surface area contributed by atoms with Gasteiger partial charge in [0.2, 0.25) is 15.7 Å². The van der Waals surface area contributed by atoms with Gasteiger partial charge in [0, 0.05) is 12.5 Å². The number of hydrogen-bond donors (Lipinski definition) is 2. The molecule has 0 radical (unpaired) electrons. The van der Waals surface area contributed by atoms with Gasteiger partial charge in [-0.2, -0.15) is 0 Å². The van der Waals surface area contributed by atoms with Crippen molar-refractivity contribution in [3.8, 4) is 0 Å². The van der Waals surface area contributed by atoms with E-state index < -0.39 is 34.2 Å². The van der Waals surface area contributed by atoms with Gasteiger partial charge in [0.05, 0.1) is 16.4 Å². The quantitative estimate of drug-likeness (QED) is 0.765. The minimum Gasteiger partial charge on any atom is -0.394 e. The Morgan fingerprint density at radius 2 is 1.54 bits per heavy atom. The Morgan fingerprint density at radius 3 is 2.04 bits per heavy atom. The molecule has 2 aromatic rings. The largest absolute Gasteiger partial charge is 0.394 e. The molecular weight excluding hydrogens is 330 g/mol. The van der Waals surface area contributed by atoms with Crippen LogP contribution in [0.4, 0.5) is 0 Å². The Balaban J connectivity index is 2.28. The first-order valence-corrected chi connectivity index (χ1v) is 8.67. The number of rotatable bonds is 6. The smallest absolute Gasteiger partial charge is 0.217 e. The van der Waals surface area contributed by atoms with Gasteiger partial charge in [0.1, 0.15) is 6.04 Å². The fourth-order valence-corrected chi connectivity index (χ4v) is 3.46. The maximum atomic E-state index is 12.5. The van der Waals surface area contributed by atoms with Crippen LogP contribution in [0.15, 0.2) is 64.4 Å². The molecule has 0 aliphatic heterocycles. The Kier molecular flexibility index (Phi) is 5.48. The molecule has 0 heterocycles. The van der Waals surface area contributed by atoms with Gasteiger partial charge >= 0.3 is 0 Å². The lowest BCUT2D eigenvalue weighted by molar-refractivity contribution is -0.119. The number of benzene rings is 2. The maximum absolute atomic E-state index is 12.5. The zero-order valence-electron chi connectivity index (χ0n) is 13.0. The average molecular weight is 347 g/mol. The van der Waals surface area contributed by atoms with Crippen LogP contribution < -0.4 is 5.32 Å². The third-order valence-corrected chi connectivity index (χ3v) is 5.16. The average Bonchev–Trinajstić information content (AvgIpc) is 2.59. The number of Topliss-reactive ketones (excluding diaryl/α,β-unsaturated/α-hetero) is 1. The van der Waals surface area contributed by atoms with Crippen molar-refractivity contribution in [3.05, 3.63) is 60.2 Å². The van der Waals surface area contributed by atoms with E-state index in [0.29, 0.717) is 0 Å². The molecule has 2 N–H and O–H groups in total. The molecule has 0 fully saturated rings. The van der Waals surface area contributed by atoms with E-state index >= 15 is 0 Å². The molecule has 2 aromatic carbocycles. The molecule has 0 saturated heterocycles. The molecule has 0 aromatic heterocycles. The first kappa shape index (κ1) is 17.8. The highest BCUT2D eigenvalue weighted by Crippen LogP contribution is 2.21. The Labute approximate surface area is 140 Å². The van der Waals surface area contributed by atoms with E-state index in [0.717, 1.165) is 0 Å². The minimum atomic E-state index is -3.66. The lowest BCUT2D eigenvalue weighted by Crippen LogP contribution is -2.42. The molecule has 1 amide bonds. The van der Waals surface area contributed by atoms with Crippen molar-refractivity contribution >= 4 is 21.5 Å². The van der Waals surface area contributed by atoms with Crippen molar-refractivity contribution in [2.75, 3.05) is 6.61 Å². The summed E-state index contributed by atoms with van der Waals surface area (Å²) in [5.41, 5.74) is 0.204. The maximum Gasteiger partial charge on any atom is 0.217 e. The molecule has 6 nitrogen and oxygen atoms in total. The number of aliphatic hydroxyl groups is 1. The zero-order chi connectivity index (χ0) is 17.7. The van der Waals surface area contributed by atoms with E-state index in [2.05, 4.69) is 5.32 Å². The number of carbonyl (C=O) groups is 2. The molecule has 24 heavy (non-hydrogen) atoms. The lowest BCUT2D eigenvalue weighted by atomic mass is 10.0. The fraction of sp³-hybridized carbons (Fsp3) is 0.176. The van der Waals surface area contributed by atoms with E-state index in [9.17, 15) is 23.1 Å². The van der Waals surface area contributed by atoms with Crippen LogP contribution >= 0.6 is 0 Å². The topological polar surface area (TPSA) is 101 Å². The van der Waals surface area contributed by atoms with E-state index in [1.807, 2.05) is 0 Å². The number of carbonyl (C=O) groups excluding carboxylic acids is 2. The number of amides is 1. The first-order valence-electron chi connectivity index (χ1n) is 7.18. The highest BCUT2D eigenvalue weighted by molar-refractivity contribution is 7.91. The summed E-state index contributed by atoms with van der Waals surface area (Å²) < 4.78 is 24.9. The SMILES string of the molecule is CC(=O)NC(CO)C(=O)c1ccc(S(=O)(=O)c2ccccc2)cc1. The standard InChI is InChI=1S/C17H17NO5S/c1-12(20)18-16(11-19)17(21)13-7-9-15(10-8-13)24(22,23)14-5-3-2-4-6-14/h2-10,16,19H,11H2,1H3,(H,18,20). The Bertz CT molecular complexity index is 829. The van der Waals surface area contributed by atoms with Gasteiger partial charge in [0.15, 0.2) is 5.78 Å². The summed E-state index contributed by atoms with van der Waals surface area (Å²) in [6, 6.07) is 12.3. The summed E-state index contributed by atoms with van der Waals surface area (Å²) in [7, 11) is -3.66. The summed E-state index contributed by atoms with van der Waals surface area (Å²) in [4.78, 5) is 23.5. The third kappa shape index (κ3) is 3.87. The summed E-state index contributed by atoms with van der Waals surface area (Å²) in [6.45, 7) is 0.702. The predicted molar refractivity (Wildman–Crippen MR) is 87.4 cm³/mol. The van der Waals surface area contributed by atoms with Crippen molar-refractivity contribution in [2.45, 2.75) is 22.8 Å². The molecule has 1 unspecified atom stereocenters. The second-order valence-corrected chi connectivity index (χ2v) is 7.09. The van der Waals surface area contributed by atoms with Crippen LogP contribution in [0.25, 0.3) is 0 Å². The van der Waals surface area contributed by atoms with Gasteiger partial charge < -0.3 is 10.4 Å². The fourth-order valence-electron chi connectivity index (χ4n) is 2.17. The van der Waals surface area contributed by atoms with Crippen LogP contribution in [-0.2, 0) is 14.6 Å². The summed E-state index contributed by atoms with van der Waals surface area (Å²) in [5, 5.41) is 11.5. The molecule has 7 heteroatoms. The zero-order valence-corrected chi connectivity index (χ0v) is 13.8. The highest BCUT2D eigenvalue weighted by Gasteiger charge is 2.22. The van der Waals surface area contributed by atoms with Gasteiger partial charge in [-0.25, -0.2) is 8.42 Å². The third-order valence-electron chi connectivity index (χ3n) is 3.38. The van der Waals surface area contributed by atoms with Crippen LogP contribution in [0.3, 0.4) is 0 Å². The van der Waals surface area contributed by atoms with Gasteiger partial charge in [-0.05, 0) is 24.3 Å². The number of aliphatic hydroxyl groups excluding tert-OH is 1. The van der Waals surface area contributed by atoms with Crippen molar-refractivity contribution in [1.82, 2.24) is 5.32 Å². The van der Waals surface area contributed by atoms with Gasteiger partial charge in [-0.1, -0.05) is 30.3 Å². The van der Waals surface area contributed by atoms with E-state index in [1.165, 1.54) is 43.3 Å². The molecule has 2 rings (SSSR count). The van der Waals surface area contributed by atoms with Crippen LogP contribution in [0.2, 0.25) is 0 Å². The molecular formula is C17H17NO5S. The molecule has 126 valence electrons. The van der Waals surface area contributed by atoms with E-state index in [1.54, 1.807) is 18.2 Å². The number of ketones is 1. The van der Waals surface area contributed by atoms with Gasteiger partial charge in [-0.15, -0.1) is 0 Å². The van der Waals surface area contributed by atoms with Gasteiger partial charge in [-0.3, -0.25) is 9.59 Å². The number of sulfone groups is 1. The van der Waals surface area contributed by atoms with Crippen molar-refractivity contribution in [3.63, 3.8) is 0 Å². The second kappa shape index (κ2) is 7.37.